The highest BCUT2D eigenvalue weighted by atomic mass is 127. The summed E-state index contributed by atoms with van der Waals surface area (Å²) in [5.41, 5.74) is 0.744. The molecule has 11 heteroatoms. The van der Waals surface area contributed by atoms with Gasteiger partial charge >= 0.3 is 6.18 Å². The smallest absolute Gasteiger partial charge is 0.352 e. The Labute approximate surface area is 188 Å². The standard InChI is InChI=1S/C18H22F3N5OS.HI/c1-3-5-15(27)25-13-7-4-6-12(8-13)9-23-17(22-2)24-10-16-26-14(11-28-16)18(19,20)21;/h4,6-8,11H,3,5,9-10H2,1-2H3,(H,25,27)(H2,22,23,24);1H. The van der Waals surface area contributed by atoms with E-state index in [1.54, 1.807) is 7.05 Å². The monoisotopic (exact) mass is 541 g/mol. The van der Waals surface area contributed by atoms with Crippen LogP contribution in [0.5, 0.6) is 0 Å². The van der Waals surface area contributed by atoms with Crippen molar-refractivity contribution in [3.63, 3.8) is 0 Å². The summed E-state index contributed by atoms with van der Waals surface area (Å²) in [5.74, 6) is 0.399. The van der Waals surface area contributed by atoms with Crippen LogP contribution in [0, 0.1) is 0 Å². The quantitative estimate of drug-likeness (QED) is 0.276. The Morgan fingerprint density at radius 3 is 2.59 bits per heavy atom. The number of alkyl halides is 3. The van der Waals surface area contributed by atoms with E-state index in [1.165, 1.54) is 0 Å². The van der Waals surface area contributed by atoms with E-state index in [0.717, 1.165) is 28.7 Å². The molecule has 2 rings (SSSR count). The van der Waals surface area contributed by atoms with E-state index in [0.29, 0.717) is 29.6 Å². The van der Waals surface area contributed by atoms with E-state index >= 15 is 0 Å². The predicted molar refractivity (Wildman–Crippen MR) is 120 cm³/mol. The number of hydrogen-bond acceptors (Lipinski definition) is 4. The number of hydrogen-bond donors (Lipinski definition) is 3. The molecule has 1 aromatic carbocycles. The lowest BCUT2D eigenvalue weighted by atomic mass is 10.2. The number of benzene rings is 1. The van der Waals surface area contributed by atoms with Crippen LogP contribution in [-0.4, -0.2) is 23.9 Å². The molecule has 6 nitrogen and oxygen atoms in total. The third kappa shape index (κ3) is 8.56. The van der Waals surface area contributed by atoms with Crippen molar-refractivity contribution < 1.29 is 18.0 Å². The van der Waals surface area contributed by atoms with Crippen molar-refractivity contribution in [2.24, 2.45) is 4.99 Å². The summed E-state index contributed by atoms with van der Waals surface area (Å²) in [7, 11) is 1.57. The van der Waals surface area contributed by atoms with E-state index in [2.05, 4.69) is 25.9 Å². The van der Waals surface area contributed by atoms with Crippen LogP contribution < -0.4 is 16.0 Å². The molecule has 160 valence electrons. The van der Waals surface area contributed by atoms with E-state index in [9.17, 15) is 18.0 Å². The van der Waals surface area contributed by atoms with Gasteiger partial charge in [-0.3, -0.25) is 9.79 Å². The van der Waals surface area contributed by atoms with Crippen LogP contribution in [-0.2, 0) is 24.1 Å². The number of nitrogens with zero attached hydrogens (tertiary/aromatic N) is 2. The number of thiazole rings is 1. The maximum atomic E-state index is 12.6. The lowest BCUT2D eigenvalue weighted by Crippen LogP contribution is -2.36. The Bertz CT molecular complexity index is 826. The van der Waals surface area contributed by atoms with Crippen LogP contribution in [0.25, 0.3) is 0 Å². The van der Waals surface area contributed by atoms with Gasteiger partial charge in [0, 0.05) is 31.1 Å². The minimum absolute atomic E-state index is 0. The fraction of sp³-hybridized carbons (Fsp3) is 0.389. The van der Waals surface area contributed by atoms with E-state index in [-0.39, 0.29) is 36.4 Å². The molecule has 0 unspecified atom stereocenters. The van der Waals surface area contributed by atoms with Gasteiger partial charge in [0.25, 0.3) is 0 Å². The summed E-state index contributed by atoms with van der Waals surface area (Å²) < 4.78 is 37.8. The highest BCUT2D eigenvalue weighted by Gasteiger charge is 2.33. The molecule has 0 fully saturated rings. The van der Waals surface area contributed by atoms with Gasteiger partial charge in [-0.1, -0.05) is 19.1 Å². The summed E-state index contributed by atoms with van der Waals surface area (Å²) in [6, 6.07) is 7.39. The molecule has 1 aromatic heterocycles. The summed E-state index contributed by atoms with van der Waals surface area (Å²) in [6.07, 6.45) is -3.20. The molecule has 1 heterocycles. The predicted octanol–water partition coefficient (Wildman–Crippen LogP) is 4.38. The number of anilines is 1. The van der Waals surface area contributed by atoms with Gasteiger partial charge in [0.2, 0.25) is 5.91 Å². The molecular formula is C18H23F3IN5OS. The van der Waals surface area contributed by atoms with Crippen LogP contribution in [0.3, 0.4) is 0 Å². The largest absolute Gasteiger partial charge is 0.434 e. The summed E-state index contributed by atoms with van der Waals surface area (Å²) >= 11 is 0.938. The lowest BCUT2D eigenvalue weighted by Gasteiger charge is -2.12. The molecule has 0 saturated carbocycles. The lowest BCUT2D eigenvalue weighted by molar-refractivity contribution is -0.140. The Morgan fingerprint density at radius 2 is 1.97 bits per heavy atom. The second kappa shape index (κ2) is 12.0. The summed E-state index contributed by atoms with van der Waals surface area (Å²) in [6.45, 7) is 2.50. The molecule has 0 spiro atoms. The number of guanidine groups is 1. The number of carbonyl (C=O) groups is 1. The second-order valence-electron chi connectivity index (χ2n) is 5.90. The van der Waals surface area contributed by atoms with Crippen molar-refractivity contribution in [2.45, 2.75) is 39.0 Å². The number of carbonyl (C=O) groups excluding carboxylic acids is 1. The first-order valence-electron chi connectivity index (χ1n) is 8.66. The Kier molecular flexibility index (Phi) is 10.4. The molecular weight excluding hydrogens is 518 g/mol. The maximum absolute atomic E-state index is 12.6. The highest BCUT2D eigenvalue weighted by molar-refractivity contribution is 14.0. The fourth-order valence-electron chi connectivity index (χ4n) is 2.30. The summed E-state index contributed by atoms with van der Waals surface area (Å²) in [5, 5.41) is 10.2. The van der Waals surface area contributed by atoms with Crippen molar-refractivity contribution in [2.75, 3.05) is 12.4 Å². The van der Waals surface area contributed by atoms with E-state index in [1.807, 2.05) is 31.2 Å². The Morgan fingerprint density at radius 1 is 1.24 bits per heavy atom. The molecule has 0 bridgehead atoms. The average Bonchev–Trinajstić information content (AvgIpc) is 3.12. The molecule has 1 amide bonds. The number of nitrogens with one attached hydrogen (secondary N) is 3. The Balaban J connectivity index is 0.00000420. The highest BCUT2D eigenvalue weighted by Crippen LogP contribution is 2.29. The van der Waals surface area contributed by atoms with Crippen molar-refractivity contribution in [3.8, 4) is 0 Å². The van der Waals surface area contributed by atoms with Gasteiger partial charge in [0.05, 0.1) is 6.54 Å². The van der Waals surface area contributed by atoms with Crippen LogP contribution >= 0.6 is 35.3 Å². The summed E-state index contributed by atoms with van der Waals surface area (Å²) in [4.78, 5) is 19.3. The van der Waals surface area contributed by atoms with Crippen molar-refractivity contribution in [3.05, 3.63) is 45.9 Å². The molecule has 3 N–H and O–H groups in total. The fourth-order valence-corrected chi connectivity index (χ4v) is 3.04. The van der Waals surface area contributed by atoms with E-state index < -0.39 is 11.9 Å². The van der Waals surface area contributed by atoms with Gasteiger partial charge < -0.3 is 16.0 Å². The maximum Gasteiger partial charge on any atom is 0.434 e. The van der Waals surface area contributed by atoms with Gasteiger partial charge in [-0.05, 0) is 24.1 Å². The number of halogens is 4. The number of rotatable bonds is 7. The third-order valence-electron chi connectivity index (χ3n) is 3.62. The van der Waals surface area contributed by atoms with Crippen LogP contribution in [0.15, 0.2) is 34.6 Å². The average molecular weight is 541 g/mol. The van der Waals surface area contributed by atoms with Crippen LogP contribution in [0.2, 0.25) is 0 Å². The molecule has 0 aliphatic carbocycles. The first-order chi connectivity index (χ1) is 13.3. The molecule has 0 aliphatic heterocycles. The minimum Gasteiger partial charge on any atom is -0.352 e. The first kappa shape index (κ1) is 25.1. The number of aromatic nitrogens is 1. The van der Waals surface area contributed by atoms with Crippen LogP contribution in [0.4, 0.5) is 18.9 Å². The molecule has 2 aromatic rings. The number of amides is 1. The van der Waals surface area contributed by atoms with Gasteiger partial charge in [0.15, 0.2) is 11.7 Å². The van der Waals surface area contributed by atoms with Crippen LogP contribution in [0.1, 0.15) is 36.0 Å². The molecule has 0 aliphatic rings. The third-order valence-corrected chi connectivity index (χ3v) is 4.47. The Hall–Kier alpha value is -1.89. The SMILES string of the molecule is CCCC(=O)Nc1cccc(CNC(=NC)NCc2nc(C(F)(F)F)cs2)c1.I. The van der Waals surface area contributed by atoms with Gasteiger partial charge in [-0.2, -0.15) is 13.2 Å². The molecule has 0 saturated heterocycles. The van der Waals surface area contributed by atoms with Crippen molar-refractivity contribution in [1.29, 1.82) is 0 Å². The minimum atomic E-state index is -4.44. The van der Waals surface area contributed by atoms with Gasteiger partial charge in [0.1, 0.15) is 5.01 Å². The van der Waals surface area contributed by atoms with Gasteiger partial charge in [-0.25, -0.2) is 4.98 Å². The normalized spacial score (nSPS) is 11.6. The first-order valence-corrected chi connectivity index (χ1v) is 9.54. The molecule has 0 atom stereocenters. The molecule has 0 radical (unpaired) electrons. The zero-order valence-electron chi connectivity index (χ0n) is 16.0. The van der Waals surface area contributed by atoms with Crippen molar-refractivity contribution in [1.82, 2.24) is 15.6 Å². The topological polar surface area (TPSA) is 78.4 Å². The van der Waals surface area contributed by atoms with E-state index in [4.69, 9.17) is 0 Å². The van der Waals surface area contributed by atoms with Gasteiger partial charge in [-0.15, -0.1) is 35.3 Å². The van der Waals surface area contributed by atoms with Crippen molar-refractivity contribution >= 4 is 52.9 Å². The number of aliphatic imine (C=N–C) groups is 1. The zero-order valence-corrected chi connectivity index (χ0v) is 19.1. The molecule has 29 heavy (non-hydrogen) atoms. The zero-order chi connectivity index (χ0) is 20.6. The second-order valence-corrected chi connectivity index (χ2v) is 6.84.